The molecule has 0 radical (unpaired) electrons. The van der Waals surface area contributed by atoms with Gasteiger partial charge in [0.1, 0.15) is 0 Å². The van der Waals surface area contributed by atoms with E-state index in [1.807, 2.05) is 12.1 Å². The molecule has 21 heavy (non-hydrogen) atoms. The third kappa shape index (κ3) is 3.98. The molecule has 0 amide bonds. The lowest BCUT2D eigenvalue weighted by Gasteiger charge is -2.35. The van der Waals surface area contributed by atoms with Crippen molar-refractivity contribution in [2.24, 2.45) is 11.8 Å². The average Bonchev–Trinajstić information content (AvgIpc) is 2.43. The highest BCUT2D eigenvalue weighted by molar-refractivity contribution is 7.89. The Balaban J connectivity index is 2.09. The van der Waals surface area contributed by atoms with Crippen LogP contribution >= 0.6 is 0 Å². The molecule has 1 aromatic carbocycles. The summed E-state index contributed by atoms with van der Waals surface area (Å²) in [6, 6.07) is 7.52. The van der Waals surface area contributed by atoms with Gasteiger partial charge in [0.05, 0.1) is 4.90 Å². The van der Waals surface area contributed by atoms with Crippen molar-refractivity contribution >= 4 is 15.7 Å². The van der Waals surface area contributed by atoms with Gasteiger partial charge in [0, 0.05) is 18.3 Å². The van der Waals surface area contributed by atoms with Crippen molar-refractivity contribution in [1.82, 2.24) is 4.72 Å². The van der Waals surface area contributed by atoms with Crippen LogP contribution in [0.25, 0.3) is 0 Å². The zero-order chi connectivity index (χ0) is 15.5. The Hall–Kier alpha value is -1.07. The molecule has 2 N–H and O–H groups in total. The number of hydrogen-bond donors (Lipinski definition) is 2. The maximum Gasteiger partial charge on any atom is 0.240 e. The van der Waals surface area contributed by atoms with Crippen molar-refractivity contribution in [2.75, 3.05) is 11.9 Å². The van der Waals surface area contributed by atoms with Gasteiger partial charge < -0.3 is 5.32 Å². The second kappa shape index (κ2) is 6.79. The van der Waals surface area contributed by atoms with Gasteiger partial charge in [0.25, 0.3) is 0 Å². The second-order valence-corrected chi connectivity index (χ2v) is 7.85. The fraction of sp³-hybridized carbons (Fsp3) is 0.625. The SMILES string of the molecule is CCNS(=O)(=O)c1ccc(NC2C(C)CCCC2C)cc1. The Morgan fingerprint density at radius 3 is 2.19 bits per heavy atom. The van der Waals surface area contributed by atoms with Crippen LogP contribution in [0.5, 0.6) is 0 Å². The van der Waals surface area contributed by atoms with Crippen LogP contribution in [0, 0.1) is 11.8 Å². The lowest BCUT2D eigenvalue weighted by Crippen LogP contribution is -2.37. The zero-order valence-corrected chi connectivity index (χ0v) is 13.9. The summed E-state index contributed by atoms with van der Waals surface area (Å²) in [5.74, 6) is 1.30. The Morgan fingerprint density at radius 1 is 1.10 bits per heavy atom. The smallest absolute Gasteiger partial charge is 0.240 e. The molecule has 0 aromatic heterocycles. The Morgan fingerprint density at radius 2 is 1.67 bits per heavy atom. The van der Waals surface area contributed by atoms with Crippen LogP contribution < -0.4 is 10.0 Å². The summed E-state index contributed by atoms with van der Waals surface area (Å²) >= 11 is 0. The predicted octanol–water partition coefficient (Wildman–Crippen LogP) is 3.22. The molecule has 1 fully saturated rings. The van der Waals surface area contributed by atoms with Crippen molar-refractivity contribution in [1.29, 1.82) is 0 Å². The first-order chi connectivity index (χ1) is 9.94. The molecule has 2 rings (SSSR count). The highest BCUT2D eigenvalue weighted by Gasteiger charge is 2.27. The van der Waals surface area contributed by atoms with E-state index in [2.05, 4.69) is 23.9 Å². The topological polar surface area (TPSA) is 58.2 Å². The summed E-state index contributed by atoms with van der Waals surface area (Å²) in [5, 5.41) is 3.58. The Labute approximate surface area is 128 Å². The molecule has 0 spiro atoms. The molecule has 1 aliphatic carbocycles. The van der Waals surface area contributed by atoms with E-state index in [1.165, 1.54) is 19.3 Å². The molecule has 2 unspecified atom stereocenters. The number of anilines is 1. The maximum atomic E-state index is 11.9. The van der Waals surface area contributed by atoms with Gasteiger partial charge in [-0.25, -0.2) is 13.1 Å². The largest absolute Gasteiger partial charge is 0.382 e. The summed E-state index contributed by atoms with van der Waals surface area (Å²) in [4.78, 5) is 0.319. The van der Waals surface area contributed by atoms with E-state index >= 15 is 0 Å². The second-order valence-electron chi connectivity index (χ2n) is 6.08. The number of benzene rings is 1. The van der Waals surface area contributed by atoms with Gasteiger partial charge in [-0.05, 0) is 48.9 Å². The van der Waals surface area contributed by atoms with Crippen LogP contribution in [0.2, 0.25) is 0 Å². The van der Waals surface area contributed by atoms with E-state index in [0.29, 0.717) is 29.3 Å². The molecule has 0 bridgehead atoms. The highest BCUT2D eigenvalue weighted by atomic mass is 32.2. The summed E-state index contributed by atoms with van der Waals surface area (Å²) in [6.45, 7) is 6.76. The molecular weight excluding hydrogens is 284 g/mol. The highest BCUT2D eigenvalue weighted by Crippen LogP contribution is 2.31. The zero-order valence-electron chi connectivity index (χ0n) is 13.1. The molecule has 1 saturated carbocycles. The molecule has 118 valence electrons. The van der Waals surface area contributed by atoms with Crippen molar-refractivity contribution in [2.45, 2.75) is 51.0 Å². The van der Waals surface area contributed by atoms with Crippen LogP contribution in [0.4, 0.5) is 5.69 Å². The van der Waals surface area contributed by atoms with E-state index in [1.54, 1.807) is 19.1 Å². The predicted molar refractivity (Wildman–Crippen MR) is 86.9 cm³/mol. The standard InChI is InChI=1S/C16H26N2O2S/c1-4-17-21(19,20)15-10-8-14(9-11-15)18-16-12(2)6-5-7-13(16)3/h8-13,16-18H,4-7H2,1-3H3. The van der Waals surface area contributed by atoms with Gasteiger partial charge in [-0.2, -0.15) is 0 Å². The number of hydrogen-bond acceptors (Lipinski definition) is 3. The van der Waals surface area contributed by atoms with E-state index in [0.717, 1.165) is 5.69 Å². The first-order valence-electron chi connectivity index (χ1n) is 7.80. The third-order valence-electron chi connectivity index (χ3n) is 4.38. The molecular formula is C16H26N2O2S. The molecule has 0 saturated heterocycles. The quantitative estimate of drug-likeness (QED) is 0.878. The molecule has 1 aromatic rings. The Bertz CT molecular complexity index is 544. The van der Waals surface area contributed by atoms with Crippen LogP contribution in [0.1, 0.15) is 40.0 Å². The van der Waals surface area contributed by atoms with Crippen LogP contribution in [0.3, 0.4) is 0 Å². The lowest BCUT2D eigenvalue weighted by atomic mass is 9.78. The number of rotatable bonds is 5. The fourth-order valence-electron chi connectivity index (χ4n) is 3.16. The Kier molecular flexibility index (Phi) is 5.27. The first-order valence-corrected chi connectivity index (χ1v) is 9.28. The first kappa shape index (κ1) is 16.3. The van der Waals surface area contributed by atoms with Crippen molar-refractivity contribution < 1.29 is 8.42 Å². The average molecular weight is 310 g/mol. The van der Waals surface area contributed by atoms with Crippen LogP contribution in [0.15, 0.2) is 29.2 Å². The molecule has 5 heteroatoms. The minimum Gasteiger partial charge on any atom is -0.382 e. The van der Waals surface area contributed by atoms with Gasteiger partial charge in [0.15, 0.2) is 0 Å². The molecule has 4 nitrogen and oxygen atoms in total. The minimum atomic E-state index is -3.36. The summed E-state index contributed by atoms with van der Waals surface area (Å²) < 4.78 is 26.3. The summed E-state index contributed by atoms with van der Waals surface area (Å²) in [7, 11) is -3.36. The van der Waals surface area contributed by atoms with Crippen LogP contribution in [-0.4, -0.2) is 21.0 Å². The van der Waals surface area contributed by atoms with Crippen molar-refractivity contribution in [3.63, 3.8) is 0 Å². The minimum absolute atomic E-state index is 0.319. The number of sulfonamides is 1. The van der Waals surface area contributed by atoms with Gasteiger partial charge in [-0.15, -0.1) is 0 Å². The molecule has 0 aliphatic heterocycles. The van der Waals surface area contributed by atoms with Gasteiger partial charge in [-0.3, -0.25) is 0 Å². The molecule has 0 heterocycles. The third-order valence-corrected chi connectivity index (χ3v) is 5.94. The van der Waals surface area contributed by atoms with E-state index in [-0.39, 0.29) is 0 Å². The summed E-state index contributed by atoms with van der Waals surface area (Å²) in [5.41, 5.74) is 0.996. The lowest BCUT2D eigenvalue weighted by molar-refractivity contribution is 0.268. The molecule has 2 atom stereocenters. The fourth-order valence-corrected chi connectivity index (χ4v) is 4.20. The summed E-state index contributed by atoms with van der Waals surface area (Å²) in [6.07, 6.45) is 3.82. The van der Waals surface area contributed by atoms with Crippen LogP contribution in [-0.2, 0) is 10.0 Å². The van der Waals surface area contributed by atoms with E-state index in [4.69, 9.17) is 0 Å². The monoisotopic (exact) mass is 310 g/mol. The van der Waals surface area contributed by atoms with Gasteiger partial charge in [0.2, 0.25) is 10.0 Å². The number of nitrogens with one attached hydrogen (secondary N) is 2. The van der Waals surface area contributed by atoms with E-state index < -0.39 is 10.0 Å². The van der Waals surface area contributed by atoms with E-state index in [9.17, 15) is 8.42 Å². The van der Waals surface area contributed by atoms with Gasteiger partial charge >= 0.3 is 0 Å². The molecule has 1 aliphatic rings. The normalized spacial score (nSPS) is 26.5. The maximum absolute atomic E-state index is 11.9. The van der Waals surface area contributed by atoms with Crippen molar-refractivity contribution in [3.8, 4) is 0 Å². The van der Waals surface area contributed by atoms with Gasteiger partial charge in [-0.1, -0.05) is 27.2 Å². The van der Waals surface area contributed by atoms with Crippen molar-refractivity contribution in [3.05, 3.63) is 24.3 Å².